The van der Waals surface area contributed by atoms with Gasteiger partial charge in [0.15, 0.2) is 0 Å². The van der Waals surface area contributed by atoms with Crippen molar-refractivity contribution in [3.8, 4) is 0 Å². The molecule has 126 valence electrons. The van der Waals surface area contributed by atoms with Crippen LogP contribution in [-0.2, 0) is 30.3 Å². The van der Waals surface area contributed by atoms with Crippen LogP contribution >= 0.6 is 23.2 Å². The molecular weight excluding hydrogens is 345 g/mol. The van der Waals surface area contributed by atoms with Gasteiger partial charge in [-0.25, -0.2) is 4.79 Å². The number of esters is 2. The number of hydrogen-bond acceptors (Lipinski definition) is 5. The number of methoxy groups -OCH3 is 2. The summed E-state index contributed by atoms with van der Waals surface area (Å²) < 4.78 is 9.14. The molecule has 1 aromatic carbocycles. The van der Waals surface area contributed by atoms with Gasteiger partial charge in [0.1, 0.15) is 6.04 Å². The van der Waals surface area contributed by atoms with Crippen molar-refractivity contribution in [2.75, 3.05) is 14.2 Å². The third-order valence-electron chi connectivity index (χ3n) is 3.07. The van der Waals surface area contributed by atoms with Gasteiger partial charge in [-0.2, -0.15) is 0 Å². The Morgan fingerprint density at radius 1 is 1.09 bits per heavy atom. The summed E-state index contributed by atoms with van der Waals surface area (Å²) in [7, 11) is 2.45. The topological polar surface area (TPSA) is 81.7 Å². The summed E-state index contributed by atoms with van der Waals surface area (Å²) in [6.45, 7) is 0. The Kier molecular flexibility index (Phi) is 7.85. The van der Waals surface area contributed by atoms with E-state index >= 15 is 0 Å². The van der Waals surface area contributed by atoms with Crippen LogP contribution in [0.3, 0.4) is 0 Å². The first kappa shape index (κ1) is 19.3. The lowest BCUT2D eigenvalue weighted by molar-refractivity contribution is -0.145. The molecule has 0 aliphatic carbocycles. The van der Waals surface area contributed by atoms with Crippen LogP contribution in [0.15, 0.2) is 18.2 Å². The standard InChI is InChI=1S/C15H17Cl2NO5/c1-22-14(20)7-6-13(19)18-12(15(21)23-2)8-9-10(16)4-3-5-11(9)17/h3-5,12H,6-8H2,1-2H3,(H,18,19)/t12-/m0/s1. The zero-order chi connectivity index (χ0) is 17.4. The molecule has 6 nitrogen and oxygen atoms in total. The van der Waals surface area contributed by atoms with Crippen LogP contribution in [0.2, 0.25) is 10.0 Å². The fraction of sp³-hybridized carbons (Fsp3) is 0.400. The van der Waals surface area contributed by atoms with E-state index < -0.39 is 23.9 Å². The molecule has 1 atom stereocenters. The third kappa shape index (κ3) is 6.08. The molecule has 0 aliphatic heterocycles. The maximum absolute atomic E-state index is 11.9. The number of carbonyl (C=O) groups excluding carboxylic acids is 3. The van der Waals surface area contributed by atoms with Gasteiger partial charge in [-0.1, -0.05) is 29.3 Å². The molecule has 1 rings (SSSR count). The molecule has 0 bridgehead atoms. The Hall–Kier alpha value is -1.79. The van der Waals surface area contributed by atoms with Crippen LogP contribution in [0, 0.1) is 0 Å². The van der Waals surface area contributed by atoms with Gasteiger partial charge in [0, 0.05) is 22.9 Å². The zero-order valence-corrected chi connectivity index (χ0v) is 14.2. The molecule has 0 aromatic heterocycles. The molecule has 0 saturated heterocycles. The average molecular weight is 362 g/mol. The van der Waals surface area contributed by atoms with E-state index in [0.29, 0.717) is 15.6 Å². The van der Waals surface area contributed by atoms with Crippen molar-refractivity contribution in [2.24, 2.45) is 0 Å². The molecule has 1 amide bonds. The molecule has 0 saturated carbocycles. The number of amides is 1. The maximum atomic E-state index is 11.9. The number of rotatable bonds is 7. The normalized spacial score (nSPS) is 11.5. The lowest BCUT2D eigenvalue weighted by Gasteiger charge is -2.18. The number of halogens is 2. The van der Waals surface area contributed by atoms with Crippen molar-refractivity contribution in [1.29, 1.82) is 0 Å². The molecule has 1 aromatic rings. The monoisotopic (exact) mass is 361 g/mol. The summed E-state index contributed by atoms with van der Waals surface area (Å²) in [4.78, 5) is 34.8. The van der Waals surface area contributed by atoms with Gasteiger partial charge in [-0.15, -0.1) is 0 Å². The predicted molar refractivity (Wildman–Crippen MR) is 85.4 cm³/mol. The van der Waals surface area contributed by atoms with Gasteiger partial charge in [-0.05, 0) is 17.7 Å². The van der Waals surface area contributed by atoms with E-state index in [9.17, 15) is 14.4 Å². The molecule has 23 heavy (non-hydrogen) atoms. The summed E-state index contributed by atoms with van der Waals surface area (Å²) >= 11 is 12.1. The predicted octanol–water partition coefficient (Wildman–Crippen LogP) is 2.15. The van der Waals surface area contributed by atoms with Crippen LogP contribution in [0.5, 0.6) is 0 Å². The number of carbonyl (C=O) groups is 3. The van der Waals surface area contributed by atoms with Crippen LogP contribution in [-0.4, -0.2) is 38.1 Å². The van der Waals surface area contributed by atoms with Crippen molar-refractivity contribution < 1.29 is 23.9 Å². The van der Waals surface area contributed by atoms with E-state index in [1.54, 1.807) is 18.2 Å². The minimum absolute atomic E-state index is 0.0785. The lowest BCUT2D eigenvalue weighted by Crippen LogP contribution is -2.43. The van der Waals surface area contributed by atoms with Crippen molar-refractivity contribution in [3.63, 3.8) is 0 Å². The highest BCUT2D eigenvalue weighted by molar-refractivity contribution is 6.36. The SMILES string of the molecule is COC(=O)CCC(=O)N[C@@H](Cc1c(Cl)cccc1Cl)C(=O)OC. The van der Waals surface area contributed by atoms with Crippen LogP contribution < -0.4 is 5.32 Å². The largest absolute Gasteiger partial charge is 0.469 e. The number of nitrogens with one attached hydrogen (secondary N) is 1. The van der Waals surface area contributed by atoms with Crippen molar-refractivity contribution in [1.82, 2.24) is 5.32 Å². The Morgan fingerprint density at radius 3 is 2.22 bits per heavy atom. The fourth-order valence-electron chi connectivity index (χ4n) is 1.85. The van der Waals surface area contributed by atoms with Gasteiger partial charge < -0.3 is 14.8 Å². The van der Waals surface area contributed by atoms with E-state index in [2.05, 4.69) is 14.8 Å². The Balaban J connectivity index is 2.79. The van der Waals surface area contributed by atoms with E-state index in [-0.39, 0.29) is 19.3 Å². The van der Waals surface area contributed by atoms with Crippen LogP contribution in [0.1, 0.15) is 18.4 Å². The first-order chi connectivity index (χ1) is 10.9. The van der Waals surface area contributed by atoms with Crippen LogP contribution in [0.25, 0.3) is 0 Å². The molecule has 1 N–H and O–H groups in total. The second-order valence-corrected chi connectivity index (χ2v) is 5.44. The lowest BCUT2D eigenvalue weighted by atomic mass is 10.1. The van der Waals surface area contributed by atoms with Gasteiger partial charge in [0.25, 0.3) is 0 Å². The minimum Gasteiger partial charge on any atom is -0.469 e. The van der Waals surface area contributed by atoms with Crippen molar-refractivity contribution in [3.05, 3.63) is 33.8 Å². The highest BCUT2D eigenvalue weighted by Gasteiger charge is 2.24. The van der Waals surface area contributed by atoms with Crippen molar-refractivity contribution in [2.45, 2.75) is 25.3 Å². The summed E-state index contributed by atoms with van der Waals surface area (Å²) in [6.07, 6.45) is -0.103. The second-order valence-electron chi connectivity index (χ2n) is 4.62. The first-order valence-corrected chi connectivity index (χ1v) is 7.51. The van der Waals surface area contributed by atoms with Gasteiger partial charge in [0.2, 0.25) is 5.91 Å². The highest BCUT2D eigenvalue weighted by Crippen LogP contribution is 2.25. The fourth-order valence-corrected chi connectivity index (χ4v) is 2.40. The summed E-state index contributed by atoms with van der Waals surface area (Å²) in [6, 6.07) is 3.99. The van der Waals surface area contributed by atoms with Gasteiger partial charge in [0.05, 0.1) is 20.6 Å². The first-order valence-electron chi connectivity index (χ1n) is 6.76. The molecule has 8 heteroatoms. The minimum atomic E-state index is -0.956. The van der Waals surface area contributed by atoms with E-state index in [0.717, 1.165) is 0 Å². The second kappa shape index (κ2) is 9.37. The number of ether oxygens (including phenoxy) is 2. The molecule has 0 radical (unpaired) electrons. The Bertz CT molecular complexity index is 571. The van der Waals surface area contributed by atoms with E-state index in [1.807, 2.05) is 0 Å². The molecule has 0 fully saturated rings. The maximum Gasteiger partial charge on any atom is 0.328 e. The molecule has 0 aliphatic rings. The Morgan fingerprint density at radius 2 is 1.70 bits per heavy atom. The summed E-state index contributed by atoms with van der Waals surface area (Å²) in [5.74, 6) is -1.62. The van der Waals surface area contributed by atoms with Crippen LogP contribution in [0.4, 0.5) is 0 Å². The molecular formula is C15H17Cl2NO5. The molecule has 0 heterocycles. The number of hydrogen-bond donors (Lipinski definition) is 1. The van der Waals surface area contributed by atoms with E-state index in [1.165, 1.54) is 14.2 Å². The Labute approximate surface area is 144 Å². The highest BCUT2D eigenvalue weighted by atomic mass is 35.5. The third-order valence-corrected chi connectivity index (χ3v) is 3.78. The zero-order valence-electron chi connectivity index (χ0n) is 12.7. The summed E-state index contributed by atoms with van der Waals surface area (Å²) in [5.41, 5.74) is 0.527. The summed E-state index contributed by atoms with van der Waals surface area (Å²) in [5, 5.41) is 3.28. The van der Waals surface area contributed by atoms with E-state index in [4.69, 9.17) is 23.2 Å². The molecule has 0 spiro atoms. The number of benzene rings is 1. The quantitative estimate of drug-likeness (QED) is 0.752. The molecule has 0 unspecified atom stereocenters. The van der Waals surface area contributed by atoms with Gasteiger partial charge >= 0.3 is 11.9 Å². The average Bonchev–Trinajstić information content (AvgIpc) is 2.54. The van der Waals surface area contributed by atoms with Gasteiger partial charge in [-0.3, -0.25) is 9.59 Å². The van der Waals surface area contributed by atoms with Crippen molar-refractivity contribution >= 4 is 41.0 Å². The smallest absolute Gasteiger partial charge is 0.328 e.